The highest BCUT2D eigenvalue weighted by Crippen LogP contribution is 2.18. The lowest BCUT2D eigenvalue weighted by molar-refractivity contribution is -0.130. The average molecular weight is 243 g/mol. The van der Waals surface area contributed by atoms with Crippen molar-refractivity contribution in [3.63, 3.8) is 0 Å². The summed E-state index contributed by atoms with van der Waals surface area (Å²) in [7, 11) is 0. The fourth-order valence-electron chi connectivity index (χ4n) is 1.52. The van der Waals surface area contributed by atoms with Gasteiger partial charge in [0.25, 0.3) is 0 Å². The number of hydrogen-bond acceptors (Lipinski definition) is 2. The summed E-state index contributed by atoms with van der Waals surface area (Å²) in [5.74, 6) is -1.45. The van der Waals surface area contributed by atoms with Gasteiger partial charge in [-0.25, -0.2) is 9.18 Å². The van der Waals surface area contributed by atoms with Crippen LogP contribution in [0.2, 0.25) is 0 Å². The molecule has 3 nitrogen and oxygen atoms in total. The summed E-state index contributed by atoms with van der Waals surface area (Å²) >= 11 is 0. The Morgan fingerprint density at radius 2 is 1.72 bits per heavy atom. The Kier molecular flexibility index (Phi) is 3.48. The van der Waals surface area contributed by atoms with Crippen molar-refractivity contribution in [2.75, 3.05) is 0 Å². The molecule has 1 heterocycles. The lowest BCUT2D eigenvalue weighted by atomic mass is 10.0. The number of nitrogens with zero attached hydrogens (tertiary/aromatic N) is 1. The van der Waals surface area contributed by atoms with Gasteiger partial charge in [-0.1, -0.05) is 12.1 Å². The normalized spacial score (nSPS) is 11.3. The van der Waals surface area contributed by atoms with E-state index in [9.17, 15) is 14.3 Å². The molecule has 1 aromatic carbocycles. The molecule has 4 heteroatoms. The van der Waals surface area contributed by atoms with Crippen LogP contribution in [-0.4, -0.2) is 16.1 Å². The number of carboxylic acids is 1. The maximum absolute atomic E-state index is 12.8. The highest BCUT2D eigenvalue weighted by Gasteiger charge is 2.10. The predicted octanol–water partition coefficient (Wildman–Crippen LogP) is 2.85. The van der Waals surface area contributed by atoms with Gasteiger partial charge in [0, 0.05) is 12.4 Å². The molecule has 0 atom stereocenters. The zero-order valence-electron chi connectivity index (χ0n) is 9.38. The third-order valence-electron chi connectivity index (χ3n) is 2.40. The molecule has 0 radical (unpaired) electrons. The molecule has 0 saturated carbocycles. The van der Waals surface area contributed by atoms with Crippen molar-refractivity contribution in [3.05, 3.63) is 65.7 Å². The number of halogens is 1. The van der Waals surface area contributed by atoms with Crippen LogP contribution >= 0.6 is 0 Å². The van der Waals surface area contributed by atoms with Crippen LogP contribution in [0.3, 0.4) is 0 Å². The van der Waals surface area contributed by atoms with Gasteiger partial charge in [0.05, 0.1) is 5.57 Å². The molecule has 0 aliphatic carbocycles. The summed E-state index contributed by atoms with van der Waals surface area (Å²) in [5, 5.41) is 9.18. The molecular formula is C14H10FNO2. The lowest BCUT2D eigenvalue weighted by Crippen LogP contribution is -1.99. The van der Waals surface area contributed by atoms with E-state index in [0.29, 0.717) is 5.56 Å². The Morgan fingerprint density at radius 1 is 1.11 bits per heavy atom. The standard InChI is InChI=1S/C14H10FNO2/c15-12-3-1-11(2-4-12)13(14(17)18)9-10-5-7-16-8-6-10/h1-9H,(H,17,18)/b13-9-. The van der Waals surface area contributed by atoms with Crippen LogP contribution in [0.5, 0.6) is 0 Å². The number of carbonyl (C=O) groups is 1. The maximum atomic E-state index is 12.8. The van der Waals surface area contributed by atoms with Crippen molar-refractivity contribution >= 4 is 17.6 Å². The zero-order chi connectivity index (χ0) is 13.0. The molecule has 0 saturated heterocycles. The summed E-state index contributed by atoms with van der Waals surface area (Å²) in [6, 6.07) is 8.75. The molecule has 2 aromatic rings. The van der Waals surface area contributed by atoms with E-state index in [4.69, 9.17) is 0 Å². The molecule has 2 rings (SSSR count). The molecule has 1 N–H and O–H groups in total. The number of aliphatic carboxylic acids is 1. The molecule has 1 aromatic heterocycles. The van der Waals surface area contributed by atoms with E-state index in [1.807, 2.05) is 0 Å². The van der Waals surface area contributed by atoms with E-state index in [0.717, 1.165) is 5.56 Å². The quantitative estimate of drug-likeness (QED) is 0.843. The van der Waals surface area contributed by atoms with Crippen LogP contribution in [0, 0.1) is 5.82 Å². The molecule has 90 valence electrons. The van der Waals surface area contributed by atoms with Gasteiger partial charge in [-0.05, 0) is 41.5 Å². The van der Waals surface area contributed by atoms with Crippen molar-refractivity contribution in [2.45, 2.75) is 0 Å². The number of pyridine rings is 1. The number of hydrogen-bond donors (Lipinski definition) is 1. The largest absolute Gasteiger partial charge is 0.478 e. The van der Waals surface area contributed by atoms with Crippen LogP contribution in [0.15, 0.2) is 48.8 Å². The third kappa shape index (κ3) is 2.79. The van der Waals surface area contributed by atoms with Gasteiger partial charge in [0.1, 0.15) is 5.82 Å². The summed E-state index contributed by atoms with van der Waals surface area (Å²) in [6.07, 6.45) is 4.68. The fraction of sp³-hybridized carbons (Fsp3) is 0. The van der Waals surface area contributed by atoms with Gasteiger partial charge in [0.2, 0.25) is 0 Å². The minimum absolute atomic E-state index is 0.112. The monoisotopic (exact) mass is 243 g/mol. The number of rotatable bonds is 3. The maximum Gasteiger partial charge on any atom is 0.336 e. The van der Waals surface area contributed by atoms with Crippen LogP contribution < -0.4 is 0 Å². The molecule has 0 bridgehead atoms. The number of carboxylic acid groups (broad SMARTS) is 1. The second-order valence-electron chi connectivity index (χ2n) is 3.65. The van der Waals surface area contributed by atoms with Crippen LogP contribution in [0.25, 0.3) is 11.6 Å². The van der Waals surface area contributed by atoms with Gasteiger partial charge in [-0.3, -0.25) is 4.98 Å². The van der Waals surface area contributed by atoms with Crippen molar-refractivity contribution in [3.8, 4) is 0 Å². The summed E-state index contributed by atoms with van der Waals surface area (Å²) < 4.78 is 12.8. The molecule has 0 aliphatic heterocycles. The predicted molar refractivity (Wildman–Crippen MR) is 66.1 cm³/mol. The summed E-state index contributed by atoms with van der Waals surface area (Å²) in [5.41, 5.74) is 1.30. The van der Waals surface area contributed by atoms with E-state index in [1.54, 1.807) is 24.5 Å². The first-order valence-electron chi connectivity index (χ1n) is 5.28. The summed E-state index contributed by atoms with van der Waals surface area (Å²) in [4.78, 5) is 15.1. The van der Waals surface area contributed by atoms with Gasteiger partial charge < -0.3 is 5.11 Å². The van der Waals surface area contributed by atoms with Crippen LogP contribution in [0.4, 0.5) is 4.39 Å². The molecule has 0 unspecified atom stereocenters. The summed E-state index contributed by atoms with van der Waals surface area (Å²) in [6.45, 7) is 0. The molecule has 0 fully saturated rings. The minimum Gasteiger partial charge on any atom is -0.478 e. The first-order valence-corrected chi connectivity index (χ1v) is 5.28. The van der Waals surface area contributed by atoms with Crippen molar-refractivity contribution in [1.29, 1.82) is 0 Å². The third-order valence-corrected chi connectivity index (χ3v) is 2.40. The molecule has 0 spiro atoms. The Morgan fingerprint density at radius 3 is 2.28 bits per heavy atom. The molecule has 0 amide bonds. The highest BCUT2D eigenvalue weighted by molar-refractivity contribution is 6.20. The van der Waals surface area contributed by atoms with Crippen LogP contribution in [0.1, 0.15) is 11.1 Å². The van der Waals surface area contributed by atoms with E-state index >= 15 is 0 Å². The Labute approximate surface area is 103 Å². The SMILES string of the molecule is O=C(O)/C(=C\c1ccncc1)c1ccc(F)cc1. The van der Waals surface area contributed by atoms with Gasteiger partial charge in [-0.15, -0.1) is 0 Å². The molecule has 18 heavy (non-hydrogen) atoms. The van der Waals surface area contributed by atoms with Crippen LogP contribution in [-0.2, 0) is 4.79 Å². The minimum atomic E-state index is -1.06. The second-order valence-corrected chi connectivity index (χ2v) is 3.65. The van der Waals surface area contributed by atoms with Crippen molar-refractivity contribution < 1.29 is 14.3 Å². The van der Waals surface area contributed by atoms with Gasteiger partial charge in [-0.2, -0.15) is 0 Å². The lowest BCUT2D eigenvalue weighted by Gasteiger charge is -2.03. The number of benzene rings is 1. The highest BCUT2D eigenvalue weighted by atomic mass is 19.1. The fourth-order valence-corrected chi connectivity index (χ4v) is 1.52. The first kappa shape index (κ1) is 12.0. The van der Waals surface area contributed by atoms with E-state index in [-0.39, 0.29) is 5.57 Å². The Hall–Kier alpha value is -2.49. The topological polar surface area (TPSA) is 50.2 Å². The van der Waals surface area contributed by atoms with Crippen molar-refractivity contribution in [1.82, 2.24) is 4.98 Å². The smallest absolute Gasteiger partial charge is 0.336 e. The first-order chi connectivity index (χ1) is 8.66. The Bertz CT molecular complexity index is 577. The average Bonchev–Trinajstić information content (AvgIpc) is 2.38. The van der Waals surface area contributed by atoms with E-state index in [2.05, 4.69) is 4.98 Å². The Balaban J connectivity index is 2.44. The number of aromatic nitrogens is 1. The second kappa shape index (κ2) is 5.23. The molecular weight excluding hydrogens is 233 g/mol. The van der Waals surface area contributed by atoms with Gasteiger partial charge >= 0.3 is 5.97 Å². The molecule has 0 aliphatic rings. The van der Waals surface area contributed by atoms with E-state index < -0.39 is 11.8 Å². The van der Waals surface area contributed by atoms with E-state index in [1.165, 1.54) is 30.3 Å². The van der Waals surface area contributed by atoms with Crippen molar-refractivity contribution in [2.24, 2.45) is 0 Å². The zero-order valence-corrected chi connectivity index (χ0v) is 9.38. The van der Waals surface area contributed by atoms with Gasteiger partial charge in [0.15, 0.2) is 0 Å².